The topological polar surface area (TPSA) is 66.5 Å². The van der Waals surface area contributed by atoms with Crippen LogP contribution in [0.4, 0.5) is 4.39 Å². The van der Waals surface area contributed by atoms with Crippen molar-refractivity contribution in [1.82, 2.24) is 20.4 Å². The Morgan fingerprint density at radius 1 is 1.43 bits per heavy atom. The first-order valence-corrected chi connectivity index (χ1v) is 6.80. The number of rotatable bonds is 3. The molecule has 0 aliphatic carbocycles. The third kappa shape index (κ3) is 3.18. The summed E-state index contributed by atoms with van der Waals surface area (Å²) in [5, 5.41) is 7.03. The van der Waals surface area contributed by atoms with E-state index in [0.29, 0.717) is 23.8 Å². The van der Waals surface area contributed by atoms with E-state index in [4.69, 9.17) is 4.52 Å². The van der Waals surface area contributed by atoms with Gasteiger partial charge in [0.1, 0.15) is 5.82 Å². The summed E-state index contributed by atoms with van der Waals surface area (Å²) in [6.45, 7) is 2.20. The number of halogens is 1. The van der Waals surface area contributed by atoms with Gasteiger partial charge in [-0.2, -0.15) is 4.98 Å². The molecule has 7 heteroatoms. The lowest BCUT2D eigenvalue weighted by Gasteiger charge is -2.25. The van der Waals surface area contributed by atoms with E-state index in [1.165, 1.54) is 12.1 Å². The van der Waals surface area contributed by atoms with Crippen LogP contribution in [0.15, 0.2) is 33.8 Å². The van der Waals surface area contributed by atoms with Crippen LogP contribution in [-0.2, 0) is 6.54 Å². The lowest BCUT2D eigenvalue weighted by atomic mass is 10.2. The van der Waals surface area contributed by atoms with Crippen molar-refractivity contribution < 1.29 is 8.91 Å². The van der Waals surface area contributed by atoms with Crippen LogP contribution in [-0.4, -0.2) is 41.1 Å². The summed E-state index contributed by atoms with van der Waals surface area (Å²) in [5.74, 6) is 1.32. The average molecular weight is 289 g/mol. The molecule has 2 aromatic rings. The molecule has 0 spiro atoms. The highest BCUT2D eigenvalue weighted by atomic mass is 19.1. The Morgan fingerprint density at radius 2 is 2.33 bits per heavy atom. The molecule has 0 bridgehead atoms. The summed E-state index contributed by atoms with van der Waals surface area (Å²) in [6.07, 6.45) is 1.06. The molecule has 0 amide bonds. The average Bonchev–Trinajstić information content (AvgIpc) is 2.95. The lowest BCUT2D eigenvalue weighted by Crippen LogP contribution is -2.41. The molecule has 3 rings (SSSR count). The first-order valence-electron chi connectivity index (χ1n) is 6.80. The number of aromatic nitrogens is 2. The van der Waals surface area contributed by atoms with Crippen molar-refractivity contribution in [2.75, 3.05) is 20.1 Å². The van der Waals surface area contributed by atoms with Gasteiger partial charge in [-0.15, -0.1) is 0 Å². The quantitative estimate of drug-likeness (QED) is 0.930. The molecule has 0 saturated carbocycles. The molecule has 6 nitrogen and oxygen atoms in total. The SMILES string of the molecule is CN1CCCN=C1NCc1nc(-c2cccc(F)c2)no1. The number of nitrogens with one attached hydrogen (secondary N) is 1. The van der Waals surface area contributed by atoms with Gasteiger partial charge in [-0.3, -0.25) is 4.99 Å². The summed E-state index contributed by atoms with van der Waals surface area (Å²) in [4.78, 5) is 10.7. The van der Waals surface area contributed by atoms with Gasteiger partial charge >= 0.3 is 0 Å². The zero-order valence-corrected chi connectivity index (χ0v) is 11.7. The van der Waals surface area contributed by atoms with Crippen molar-refractivity contribution in [3.63, 3.8) is 0 Å². The van der Waals surface area contributed by atoms with Crippen LogP contribution in [0.1, 0.15) is 12.3 Å². The van der Waals surface area contributed by atoms with Crippen LogP contribution < -0.4 is 5.32 Å². The smallest absolute Gasteiger partial charge is 0.246 e. The fourth-order valence-corrected chi connectivity index (χ4v) is 2.14. The Bertz CT molecular complexity index is 654. The number of hydrogen-bond acceptors (Lipinski definition) is 6. The fourth-order valence-electron chi connectivity index (χ4n) is 2.14. The van der Waals surface area contributed by atoms with Crippen molar-refractivity contribution in [3.8, 4) is 11.4 Å². The monoisotopic (exact) mass is 289 g/mol. The highest BCUT2D eigenvalue weighted by Gasteiger charge is 2.13. The zero-order chi connectivity index (χ0) is 14.7. The minimum absolute atomic E-state index is 0.324. The predicted octanol–water partition coefficient (Wildman–Crippen LogP) is 1.66. The van der Waals surface area contributed by atoms with Crippen LogP contribution in [0.5, 0.6) is 0 Å². The zero-order valence-electron chi connectivity index (χ0n) is 11.7. The van der Waals surface area contributed by atoms with E-state index in [2.05, 4.69) is 20.4 Å². The molecule has 21 heavy (non-hydrogen) atoms. The van der Waals surface area contributed by atoms with Gasteiger partial charge in [0.15, 0.2) is 5.96 Å². The van der Waals surface area contributed by atoms with E-state index in [0.717, 1.165) is 25.5 Å². The maximum Gasteiger partial charge on any atom is 0.246 e. The summed E-state index contributed by atoms with van der Waals surface area (Å²) in [6, 6.07) is 6.11. The van der Waals surface area contributed by atoms with Gasteiger partial charge in [-0.05, 0) is 18.6 Å². The molecule has 0 fully saturated rings. The van der Waals surface area contributed by atoms with Gasteiger partial charge in [0, 0.05) is 25.7 Å². The summed E-state index contributed by atoms with van der Waals surface area (Å²) >= 11 is 0. The van der Waals surface area contributed by atoms with E-state index in [1.54, 1.807) is 12.1 Å². The van der Waals surface area contributed by atoms with Gasteiger partial charge in [-0.1, -0.05) is 17.3 Å². The van der Waals surface area contributed by atoms with Crippen molar-refractivity contribution in [1.29, 1.82) is 0 Å². The fraction of sp³-hybridized carbons (Fsp3) is 0.357. The molecule has 0 saturated heterocycles. The molecule has 0 atom stereocenters. The van der Waals surface area contributed by atoms with Gasteiger partial charge in [0.25, 0.3) is 0 Å². The lowest BCUT2D eigenvalue weighted by molar-refractivity contribution is 0.370. The van der Waals surface area contributed by atoms with Gasteiger partial charge < -0.3 is 14.7 Å². The molecule has 0 unspecified atom stereocenters. The Morgan fingerprint density at radius 3 is 3.14 bits per heavy atom. The highest BCUT2D eigenvalue weighted by Crippen LogP contribution is 2.16. The molecule has 1 N–H and O–H groups in total. The normalized spacial score (nSPS) is 15.0. The Labute approximate surface area is 121 Å². The largest absolute Gasteiger partial charge is 0.347 e. The van der Waals surface area contributed by atoms with Crippen molar-refractivity contribution in [2.45, 2.75) is 13.0 Å². The second-order valence-corrected chi connectivity index (χ2v) is 4.86. The number of benzene rings is 1. The Balaban J connectivity index is 1.67. The van der Waals surface area contributed by atoms with Crippen LogP contribution in [0.2, 0.25) is 0 Å². The Kier molecular flexibility index (Phi) is 3.81. The van der Waals surface area contributed by atoms with Crippen LogP contribution in [0.3, 0.4) is 0 Å². The van der Waals surface area contributed by atoms with Gasteiger partial charge in [-0.25, -0.2) is 4.39 Å². The maximum absolute atomic E-state index is 13.2. The third-order valence-corrected chi connectivity index (χ3v) is 3.22. The number of hydrogen-bond donors (Lipinski definition) is 1. The third-order valence-electron chi connectivity index (χ3n) is 3.22. The molecule has 1 aliphatic rings. The van der Waals surface area contributed by atoms with Crippen molar-refractivity contribution in [2.24, 2.45) is 4.99 Å². The molecular weight excluding hydrogens is 273 g/mol. The minimum atomic E-state index is -0.324. The van der Waals surface area contributed by atoms with Gasteiger partial charge in [0.05, 0.1) is 6.54 Å². The molecule has 1 aromatic heterocycles. The second-order valence-electron chi connectivity index (χ2n) is 4.86. The van der Waals surface area contributed by atoms with Crippen LogP contribution in [0, 0.1) is 5.82 Å². The van der Waals surface area contributed by atoms with E-state index < -0.39 is 0 Å². The number of aliphatic imine (C=N–C) groups is 1. The Hall–Kier alpha value is -2.44. The van der Waals surface area contributed by atoms with E-state index in [-0.39, 0.29) is 5.82 Å². The van der Waals surface area contributed by atoms with E-state index >= 15 is 0 Å². The molecular formula is C14H16FN5O. The molecule has 1 aromatic carbocycles. The summed E-state index contributed by atoms with van der Waals surface area (Å²) in [5.41, 5.74) is 0.595. The van der Waals surface area contributed by atoms with Crippen molar-refractivity contribution >= 4 is 5.96 Å². The molecule has 2 heterocycles. The summed E-state index contributed by atoms with van der Waals surface area (Å²) < 4.78 is 18.3. The van der Waals surface area contributed by atoms with Crippen LogP contribution in [0.25, 0.3) is 11.4 Å². The van der Waals surface area contributed by atoms with Gasteiger partial charge in [0.2, 0.25) is 11.7 Å². The minimum Gasteiger partial charge on any atom is -0.347 e. The number of guanidine groups is 1. The summed E-state index contributed by atoms with van der Waals surface area (Å²) in [7, 11) is 1.98. The molecule has 1 aliphatic heterocycles. The number of nitrogens with zero attached hydrogens (tertiary/aromatic N) is 4. The molecule has 0 radical (unpaired) electrons. The highest BCUT2D eigenvalue weighted by molar-refractivity contribution is 5.80. The second kappa shape index (κ2) is 5.90. The van der Waals surface area contributed by atoms with E-state index in [9.17, 15) is 4.39 Å². The van der Waals surface area contributed by atoms with Crippen molar-refractivity contribution in [3.05, 3.63) is 36.0 Å². The first-order chi connectivity index (χ1) is 10.2. The standard InChI is InChI=1S/C14H16FN5O/c1-20-7-3-6-16-14(20)17-9-12-18-13(19-21-12)10-4-2-5-11(15)8-10/h2,4-5,8H,3,6-7,9H2,1H3,(H,16,17). The first kappa shape index (κ1) is 13.5. The maximum atomic E-state index is 13.2. The van der Waals surface area contributed by atoms with Crippen LogP contribution >= 0.6 is 0 Å². The molecule has 110 valence electrons. The predicted molar refractivity (Wildman–Crippen MR) is 76.1 cm³/mol. The van der Waals surface area contributed by atoms with E-state index in [1.807, 2.05) is 11.9 Å².